The number of phenols is 1. The first-order valence-corrected chi connectivity index (χ1v) is 9.71. The molecule has 0 radical (unpaired) electrons. The van der Waals surface area contributed by atoms with Crippen molar-refractivity contribution >= 4 is 16.7 Å². The number of hydrogen-bond acceptors (Lipinski definition) is 6. The molecule has 0 saturated carbocycles. The van der Waals surface area contributed by atoms with Gasteiger partial charge in [-0.1, -0.05) is 0 Å². The van der Waals surface area contributed by atoms with E-state index in [4.69, 9.17) is 0 Å². The van der Waals surface area contributed by atoms with E-state index in [9.17, 15) is 13.9 Å². The molecule has 0 aliphatic carbocycles. The fraction of sp³-hybridized carbons (Fsp3) is 0.174. The maximum Gasteiger partial charge on any atom is 0.163 e. The van der Waals surface area contributed by atoms with Gasteiger partial charge in [0.05, 0.1) is 0 Å². The van der Waals surface area contributed by atoms with E-state index < -0.39 is 11.6 Å². The lowest BCUT2D eigenvalue weighted by molar-refractivity contribution is 0.425. The van der Waals surface area contributed by atoms with Gasteiger partial charge in [-0.15, -0.1) is 0 Å². The zero-order valence-electron chi connectivity index (χ0n) is 17.1. The normalized spacial score (nSPS) is 11.3. The fourth-order valence-electron chi connectivity index (χ4n) is 3.26. The summed E-state index contributed by atoms with van der Waals surface area (Å²) in [5.74, 6) is -0.572. The van der Waals surface area contributed by atoms with E-state index in [0.29, 0.717) is 45.8 Å². The molecule has 0 atom stereocenters. The van der Waals surface area contributed by atoms with Crippen molar-refractivity contribution < 1.29 is 13.9 Å². The maximum atomic E-state index is 13.7. The van der Waals surface area contributed by atoms with Gasteiger partial charge in [0.1, 0.15) is 28.7 Å². The van der Waals surface area contributed by atoms with Gasteiger partial charge in [0.15, 0.2) is 5.82 Å². The van der Waals surface area contributed by atoms with Gasteiger partial charge in [0.2, 0.25) is 0 Å². The van der Waals surface area contributed by atoms with Crippen LogP contribution in [0.5, 0.6) is 5.75 Å². The van der Waals surface area contributed by atoms with E-state index in [1.807, 2.05) is 25.1 Å². The summed E-state index contributed by atoms with van der Waals surface area (Å²) in [6, 6.07) is 10.0. The number of aromatic nitrogens is 3. The number of likely N-dealkylation sites (N-methyl/N-ethyl adjacent to an activating group) is 1. The Balaban J connectivity index is 1.88. The van der Waals surface area contributed by atoms with Crippen molar-refractivity contribution in [2.75, 3.05) is 32.5 Å². The van der Waals surface area contributed by atoms with Crippen molar-refractivity contribution in [2.45, 2.75) is 0 Å². The van der Waals surface area contributed by atoms with Crippen LogP contribution in [0.2, 0.25) is 0 Å². The summed E-state index contributed by atoms with van der Waals surface area (Å²) in [7, 11) is 3.92. The molecule has 0 unspecified atom stereocenters. The predicted molar refractivity (Wildman–Crippen MR) is 117 cm³/mol. The van der Waals surface area contributed by atoms with Gasteiger partial charge in [-0.25, -0.2) is 18.7 Å². The van der Waals surface area contributed by atoms with Crippen LogP contribution in [0.25, 0.3) is 33.4 Å². The first-order chi connectivity index (χ1) is 14.9. The summed E-state index contributed by atoms with van der Waals surface area (Å²) in [5.41, 5.74) is 1.81. The van der Waals surface area contributed by atoms with Gasteiger partial charge in [-0.05, 0) is 61.6 Å². The summed E-state index contributed by atoms with van der Waals surface area (Å²) in [6.07, 6.45) is 3.30. The van der Waals surface area contributed by atoms with Crippen molar-refractivity contribution in [3.05, 3.63) is 66.5 Å². The van der Waals surface area contributed by atoms with Crippen molar-refractivity contribution in [1.82, 2.24) is 19.9 Å². The van der Waals surface area contributed by atoms with Crippen LogP contribution in [0.15, 0.2) is 54.9 Å². The third kappa shape index (κ3) is 4.59. The average molecular weight is 421 g/mol. The average Bonchev–Trinajstić information content (AvgIpc) is 2.73. The van der Waals surface area contributed by atoms with Crippen LogP contribution in [0, 0.1) is 11.6 Å². The maximum absolute atomic E-state index is 13.7. The predicted octanol–water partition coefficient (Wildman–Crippen LogP) is 4.32. The van der Waals surface area contributed by atoms with Crippen LogP contribution < -0.4 is 5.32 Å². The SMILES string of the molecule is CN(C)CCNc1nc(-c2cccnc2)nc2c(O)cc(-c3cc(F)cc(F)c3)cc12. The zero-order valence-corrected chi connectivity index (χ0v) is 17.1. The Morgan fingerprint density at radius 2 is 1.71 bits per heavy atom. The summed E-state index contributed by atoms with van der Waals surface area (Å²) >= 11 is 0. The third-order valence-corrected chi connectivity index (χ3v) is 4.75. The van der Waals surface area contributed by atoms with Crippen molar-refractivity contribution in [3.8, 4) is 28.3 Å². The number of nitrogens with zero attached hydrogens (tertiary/aromatic N) is 4. The Hall–Kier alpha value is -3.65. The largest absolute Gasteiger partial charge is 0.506 e. The highest BCUT2D eigenvalue weighted by Gasteiger charge is 2.15. The smallest absolute Gasteiger partial charge is 0.163 e. The molecule has 0 spiro atoms. The van der Waals surface area contributed by atoms with E-state index in [0.717, 1.165) is 12.6 Å². The second-order valence-corrected chi connectivity index (χ2v) is 7.42. The number of pyridine rings is 1. The first-order valence-electron chi connectivity index (χ1n) is 9.71. The Kier molecular flexibility index (Phi) is 5.73. The lowest BCUT2D eigenvalue weighted by Gasteiger charge is -2.15. The van der Waals surface area contributed by atoms with E-state index in [1.54, 1.807) is 24.5 Å². The fourth-order valence-corrected chi connectivity index (χ4v) is 3.26. The van der Waals surface area contributed by atoms with E-state index >= 15 is 0 Å². The number of anilines is 1. The molecule has 0 bridgehead atoms. The second-order valence-electron chi connectivity index (χ2n) is 7.42. The molecule has 0 fully saturated rings. The van der Waals surface area contributed by atoms with Gasteiger partial charge in [-0.2, -0.15) is 0 Å². The minimum absolute atomic E-state index is 0.111. The van der Waals surface area contributed by atoms with Crippen LogP contribution >= 0.6 is 0 Å². The minimum Gasteiger partial charge on any atom is -0.506 e. The number of rotatable bonds is 6. The Bertz CT molecular complexity index is 1210. The molecule has 31 heavy (non-hydrogen) atoms. The van der Waals surface area contributed by atoms with E-state index in [1.165, 1.54) is 18.2 Å². The highest BCUT2D eigenvalue weighted by atomic mass is 19.1. The Morgan fingerprint density at radius 1 is 0.968 bits per heavy atom. The van der Waals surface area contributed by atoms with Crippen LogP contribution in [0.4, 0.5) is 14.6 Å². The van der Waals surface area contributed by atoms with Crippen molar-refractivity contribution in [1.29, 1.82) is 0 Å². The van der Waals surface area contributed by atoms with Gasteiger partial charge < -0.3 is 15.3 Å². The summed E-state index contributed by atoms with van der Waals surface area (Å²) < 4.78 is 27.5. The molecular weight excluding hydrogens is 400 g/mol. The molecule has 2 aromatic carbocycles. The molecule has 0 aliphatic rings. The zero-order chi connectivity index (χ0) is 22.0. The molecule has 6 nitrogen and oxygen atoms in total. The van der Waals surface area contributed by atoms with Crippen LogP contribution in [-0.2, 0) is 0 Å². The molecule has 8 heteroatoms. The molecule has 0 amide bonds. The highest BCUT2D eigenvalue weighted by Crippen LogP contribution is 2.35. The molecule has 2 N–H and O–H groups in total. The first kappa shape index (κ1) is 20.6. The summed E-state index contributed by atoms with van der Waals surface area (Å²) in [4.78, 5) is 15.3. The quantitative estimate of drug-likeness (QED) is 0.483. The summed E-state index contributed by atoms with van der Waals surface area (Å²) in [5, 5.41) is 14.6. The molecule has 158 valence electrons. The molecular formula is C23H21F2N5O. The second kappa shape index (κ2) is 8.61. The molecule has 0 saturated heterocycles. The lowest BCUT2D eigenvalue weighted by Crippen LogP contribution is -2.21. The van der Waals surface area contributed by atoms with Crippen LogP contribution in [-0.4, -0.2) is 52.1 Å². The Labute approximate surface area is 178 Å². The number of hydrogen-bond donors (Lipinski definition) is 2. The number of nitrogens with one attached hydrogen (secondary N) is 1. The van der Waals surface area contributed by atoms with Crippen LogP contribution in [0.1, 0.15) is 0 Å². The topological polar surface area (TPSA) is 74.2 Å². The molecule has 4 rings (SSSR count). The molecule has 2 aromatic heterocycles. The molecule has 2 heterocycles. The van der Waals surface area contributed by atoms with Gasteiger partial charge in [0, 0.05) is 42.5 Å². The monoisotopic (exact) mass is 421 g/mol. The number of benzene rings is 2. The van der Waals surface area contributed by atoms with Crippen molar-refractivity contribution in [2.24, 2.45) is 0 Å². The minimum atomic E-state index is -0.693. The standard InChI is InChI=1S/C23H21F2N5O/c1-30(2)7-6-27-23-19-10-16(15-8-17(24)12-18(25)9-15)11-20(31)21(19)28-22(29-23)14-4-3-5-26-13-14/h3-5,8-13,31H,6-7H2,1-2H3,(H,27,28,29). The number of aromatic hydroxyl groups is 1. The van der Waals surface area contributed by atoms with Crippen molar-refractivity contribution in [3.63, 3.8) is 0 Å². The highest BCUT2D eigenvalue weighted by molar-refractivity contribution is 5.97. The number of fused-ring (bicyclic) bond motifs is 1. The van der Waals surface area contributed by atoms with Crippen LogP contribution in [0.3, 0.4) is 0 Å². The Morgan fingerprint density at radius 3 is 2.39 bits per heavy atom. The number of halogens is 2. The number of phenolic OH excluding ortho intramolecular Hbond substituents is 1. The van der Waals surface area contributed by atoms with Gasteiger partial charge in [0.25, 0.3) is 0 Å². The molecule has 0 aliphatic heterocycles. The molecule has 4 aromatic rings. The summed E-state index contributed by atoms with van der Waals surface area (Å²) in [6.45, 7) is 1.36. The third-order valence-electron chi connectivity index (χ3n) is 4.75. The van der Waals surface area contributed by atoms with Gasteiger partial charge >= 0.3 is 0 Å². The van der Waals surface area contributed by atoms with E-state index in [2.05, 4.69) is 20.3 Å². The lowest BCUT2D eigenvalue weighted by atomic mass is 10.0. The van der Waals surface area contributed by atoms with E-state index in [-0.39, 0.29) is 5.75 Å². The van der Waals surface area contributed by atoms with Gasteiger partial charge in [-0.3, -0.25) is 4.98 Å².